The average molecular weight is 211 g/mol. The van der Waals surface area contributed by atoms with Crippen LogP contribution in [0.15, 0.2) is 23.4 Å². The van der Waals surface area contributed by atoms with Crippen LogP contribution in [0.25, 0.3) is 0 Å². The highest BCUT2D eigenvalue weighted by molar-refractivity contribution is 7.99. The van der Waals surface area contributed by atoms with Crippen LogP contribution < -0.4 is 0 Å². The number of nitrogens with zero attached hydrogens (tertiary/aromatic N) is 1. The highest BCUT2D eigenvalue weighted by Gasteiger charge is 2.03. The van der Waals surface area contributed by atoms with E-state index in [-0.39, 0.29) is 0 Å². The van der Waals surface area contributed by atoms with Crippen LogP contribution >= 0.6 is 11.8 Å². The largest absolute Gasteiger partial charge is 0.389 e. The molecule has 0 bridgehead atoms. The zero-order valence-corrected chi connectivity index (χ0v) is 9.71. The van der Waals surface area contributed by atoms with Crippen molar-refractivity contribution < 1.29 is 5.11 Å². The van der Waals surface area contributed by atoms with Gasteiger partial charge >= 0.3 is 0 Å². The molecule has 0 saturated heterocycles. The number of aliphatic hydroxyl groups excluding tert-OH is 1. The number of pyridine rings is 1. The van der Waals surface area contributed by atoms with Crippen molar-refractivity contribution in [2.75, 3.05) is 5.75 Å². The molecule has 0 radical (unpaired) electrons. The first kappa shape index (κ1) is 11.5. The second kappa shape index (κ2) is 5.37. The van der Waals surface area contributed by atoms with Gasteiger partial charge in [0.05, 0.1) is 11.1 Å². The van der Waals surface area contributed by atoms with E-state index >= 15 is 0 Å². The van der Waals surface area contributed by atoms with Crippen LogP contribution in [0.3, 0.4) is 0 Å². The van der Waals surface area contributed by atoms with Crippen molar-refractivity contribution in [1.82, 2.24) is 4.98 Å². The van der Waals surface area contributed by atoms with Crippen LogP contribution in [-0.4, -0.2) is 15.8 Å². The predicted molar refractivity (Wildman–Crippen MR) is 60.4 cm³/mol. The molecular formula is C11H17NOS. The zero-order valence-electron chi connectivity index (χ0n) is 8.90. The van der Waals surface area contributed by atoms with Gasteiger partial charge in [0.15, 0.2) is 0 Å². The number of hydrogen-bond acceptors (Lipinski definition) is 3. The van der Waals surface area contributed by atoms with Gasteiger partial charge in [0.1, 0.15) is 0 Å². The first-order valence-electron chi connectivity index (χ1n) is 4.86. The minimum absolute atomic E-state index is 0.406. The van der Waals surface area contributed by atoms with E-state index in [0.29, 0.717) is 5.92 Å². The molecule has 1 atom stereocenters. The molecule has 0 saturated carbocycles. The van der Waals surface area contributed by atoms with E-state index in [1.54, 1.807) is 24.9 Å². The minimum Gasteiger partial charge on any atom is -0.389 e. The lowest BCUT2D eigenvalue weighted by atomic mass is 10.2. The van der Waals surface area contributed by atoms with Crippen LogP contribution in [0, 0.1) is 5.92 Å². The molecule has 0 aliphatic heterocycles. The van der Waals surface area contributed by atoms with Gasteiger partial charge in [0.2, 0.25) is 0 Å². The maximum Gasteiger partial charge on any atom is 0.0963 e. The third-order valence-electron chi connectivity index (χ3n) is 1.81. The summed E-state index contributed by atoms with van der Waals surface area (Å²) in [6.45, 7) is 6.14. The minimum atomic E-state index is -0.406. The van der Waals surface area contributed by atoms with Gasteiger partial charge in [-0.05, 0) is 30.5 Å². The van der Waals surface area contributed by atoms with Crippen LogP contribution in [0.5, 0.6) is 0 Å². The van der Waals surface area contributed by atoms with Crippen LogP contribution in [0.1, 0.15) is 32.4 Å². The standard InChI is InChI=1S/C11H17NOS/c1-8(2)7-14-11-6-10(9(3)13)4-5-12-11/h4-6,8-9,13H,7H2,1-3H3/t9-/m1/s1. The Kier molecular flexibility index (Phi) is 4.42. The van der Waals surface area contributed by atoms with E-state index in [4.69, 9.17) is 0 Å². The van der Waals surface area contributed by atoms with Crippen molar-refractivity contribution in [2.45, 2.75) is 31.9 Å². The number of rotatable bonds is 4. The lowest BCUT2D eigenvalue weighted by Crippen LogP contribution is -1.95. The fourth-order valence-electron chi connectivity index (χ4n) is 1.02. The monoisotopic (exact) mass is 211 g/mol. The molecule has 1 N–H and O–H groups in total. The highest BCUT2D eigenvalue weighted by atomic mass is 32.2. The summed E-state index contributed by atoms with van der Waals surface area (Å²) in [6.07, 6.45) is 1.35. The Morgan fingerprint density at radius 1 is 1.43 bits per heavy atom. The molecule has 1 rings (SSSR count). The molecule has 1 aromatic rings. The van der Waals surface area contributed by atoms with Crippen molar-refractivity contribution >= 4 is 11.8 Å². The van der Waals surface area contributed by atoms with E-state index in [9.17, 15) is 5.11 Å². The maximum absolute atomic E-state index is 9.39. The molecule has 1 aromatic heterocycles. The van der Waals surface area contributed by atoms with Crippen molar-refractivity contribution in [2.24, 2.45) is 5.92 Å². The van der Waals surface area contributed by atoms with Crippen LogP contribution in [0.4, 0.5) is 0 Å². The fourth-order valence-corrected chi connectivity index (χ4v) is 1.87. The number of thioether (sulfide) groups is 1. The average Bonchev–Trinajstić information content (AvgIpc) is 2.15. The molecule has 3 heteroatoms. The molecule has 0 unspecified atom stereocenters. The molecule has 0 aromatic carbocycles. The van der Waals surface area contributed by atoms with Crippen molar-refractivity contribution in [3.8, 4) is 0 Å². The normalized spacial score (nSPS) is 13.2. The van der Waals surface area contributed by atoms with Gasteiger partial charge in [0, 0.05) is 11.9 Å². The molecule has 0 amide bonds. The summed E-state index contributed by atoms with van der Waals surface area (Å²) in [5.41, 5.74) is 0.936. The number of aromatic nitrogens is 1. The Labute approximate surface area is 89.8 Å². The molecule has 0 fully saturated rings. The summed E-state index contributed by atoms with van der Waals surface area (Å²) >= 11 is 1.74. The first-order valence-corrected chi connectivity index (χ1v) is 5.85. The van der Waals surface area contributed by atoms with E-state index < -0.39 is 6.10 Å². The smallest absolute Gasteiger partial charge is 0.0963 e. The Morgan fingerprint density at radius 2 is 2.14 bits per heavy atom. The lowest BCUT2D eigenvalue weighted by Gasteiger charge is -2.07. The summed E-state index contributed by atoms with van der Waals surface area (Å²) in [6, 6.07) is 3.81. The molecular weight excluding hydrogens is 194 g/mol. The van der Waals surface area contributed by atoms with E-state index in [1.807, 2.05) is 12.1 Å². The van der Waals surface area contributed by atoms with Gasteiger partial charge in [0.25, 0.3) is 0 Å². The number of aliphatic hydroxyl groups is 1. The molecule has 0 spiro atoms. The van der Waals surface area contributed by atoms with Gasteiger partial charge in [-0.3, -0.25) is 0 Å². The quantitative estimate of drug-likeness (QED) is 0.777. The first-order chi connectivity index (χ1) is 6.59. The van der Waals surface area contributed by atoms with E-state index in [2.05, 4.69) is 18.8 Å². The summed E-state index contributed by atoms with van der Waals surface area (Å²) in [7, 11) is 0. The maximum atomic E-state index is 9.39. The molecule has 14 heavy (non-hydrogen) atoms. The van der Waals surface area contributed by atoms with Crippen LogP contribution in [0.2, 0.25) is 0 Å². The van der Waals surface area contributed by atoms with E-state index in [1.165, 1.54) is 0 Å². The van der Waals surface area contributed by atoms with Gasteiger partial charge in [-0.1, -0.05) is 13.8 Å². The molecule has 2 nitrogen and oxygen atoms in total. The lowest BCUT2D eigenvalue weighted by molar-refractivity contribution is 0.199. The SMILES string of the molecule is CC(C)CSc1cc([C@@H](C)O)ccn1. The molecule has 1 heterocycles. The fraction of sp³-hybridized carbons (Fsp3) is 0.545. The van der Waals surface area contributed by atoms with E-state index in [0.717, 1.165) is 16.3 Å². The van der Waals surface area contributed by atoms with Gasteiger partial charge in [-0.25, -0.2) is 4.98 Å². The number of hydrogen-bond donors (Lipinski definition) is 1. The van der Waals surface area contributed by atoms with Gasteiger partial charge in [-0.2, -0.15) is 0 Å². The Hall–Kier alpha value is -0.540. The Morgan fingerprint density at radius 3 is 2.71 bits per heavy atom. The third kappa shape index (κ3) is 3.68. The molecule has 0 aliphatic carbocycles. The predicted octanol–water partition coefficient (Wildman–Crippen LogP) is 2.88. The Balaban J connectivity index is 2.64. The zero-order chi connectivity index (χ0) is 10.6. The molecule has 0 aliphatic rings. The van der Waals surface area contributed by atoms with Crippen molar-refractivity contribution in [1.29, 1.82) is 0 Å². The second-order valence-electron chi connectivity index (χ2n) is 3.81. The van der Waals surface area contributed by atoms with Crippen molar-refractivity contribution in [3.05, 3.63) is 23.9 Å². The van der Waals surface area contributed by atoms with Crippen LogP contribution in [-0.2, 0) is 0 Å². The summed E-state index contributed by atoms with van der Waals surface area (Å²) in [5, 5.41) is 10.4. The second-order valence-corrected chi connectivity index (χ2v) is 4.85. The topological polar surface area (TPSA) is 33.1 Å². The molecule has 78 valence electrons. The summed E-state index contributed by atoms with van der Waals surface area (Å²) in [4.78, 5) is 4.25. The summed E-state index contributed by atoms with van der Waals surface area (Å²) in [5.74, 6) is 1.73. The van der Waals surface area contributed by atoms with Gasteiger partial charge in [-0.15, -0.1) is 11.8 Å². The highest BCUT2D eigenvalue weighted by Crippen LogP contribution is 2.21. The van der Waals surface area contributed by atoms with Gasteiger partial charge < -0.3 is 5.11 Å². The summed E-state index contributed by atoms with van der Waals surface area (Å²) < 4.78 is 0. The third-order valence-corrected chi connectivity index (χ3v) is 3.16. The van der Waals surface area contributed by atoms with Crippen molar-refractivity contribution in [3.63, 3.8) is 0 Å². The Bertz CT molecular complexity index is 286.